The summed E-state index contributed by atoms with van der Waals surface area (Å²) in [5.74, 6) is -0.273. The smallest absolute Gasteiger partial charge is 0.332 e. The fraction of sp³-hybridized carbons (Fsp3) is 0.900. The molecule has 14 heavy (non-hydrogen) atoms. The Hall–Kier alpha value is -0.610. The lowest BCUT2D eigenvalue weighted by Crippen LogP contribution is -2.36. The van der Waals surface area contributed by atoms with E-state index in [4.69, 9.17) is 9.47 Å². The first kappa shape index (κ1) is 11.5. The van der Waals surface area contributed by atoms with Crippen LogP contribution in [0.1, 0.15) is 26.7 Å². The topological polar surface area (TPSA) is 47.6 Å². The minimum atomic E-state index is -0.273. The fourth-order valence-corrected chi connectivity index (χ4v) is 1.44. The van der Waals surface area contributed by atoms with E-state index in [1.54, 1.807) is 0 Å². The van der Waals surface area contributed by atoms with Gasteiger partial charge in [-0.3, -0.25) is 0 Å². The highest BCUT2D eigenvalue weighted by atomic mass is 16.6. The van der Waals surface area contributed by atoms with Crippen molar-refractivity contribution in [1.29, 1.82) is 0 Å². The van der Waals surface area contributed by atoms with Gasteiger partial charge in [0.1, 0.15) is 6.61 Å². The molecule has 1 aliphatic rings. The average molecular weight is 201 g/mol. The Balaban J connectivity index is 2.09. The van der Waals surface area contributed by atoms with Crippen LogP contribution in [0.4, 0.5) is 0 Å². The number of hydrogen-bond acceptors (Lipinski definition) is 4. The van der Waals surface area contributed by atoms with Gasteiger partial charge in [0, 0.05) is 6.54 Å². The van der Waals surface area contributed by atoms with Gasteiger partial charge in [-0.05, 0) is 33.2 Å². The Labute approximate surface area is 85.0 Å². The molecule has 0 spiro atoms. The molecule has 0 aliphatic carbocycles. The summed E-state index contributed by atoms with van der Waals surface area (Å²) < 4.78 is 10.4. The summed E-state index contributed by atoms with van der Waals surface area (Å²) in [6.07, 6.45) is 2.25. The maximum Gasteiger partial charge on any atom is 0.332 e. The first-order valence-corrected chi connectivity index (χ1v) is 5.20. The van der Waals surface area contributed by atoms with Crippen LogP contribution < -0.4 is 5.32 Å². The Kier molecular flexibility index (Phi) is 4.90. The van der Waals surface area contributed by atoms with E-state index in [1.165, 1.54) is 0 Å². The van der Waals surface area contributed by atoms with Gasteiger partial charge in [0.05, 0.1) is 12.2 Å². The Morgan fingerprint density at radius 2 is 2.36 bits per heavy atom. The second-order valence-electron chi connectivity index (χ2n) is 3.82. The normalized spacial score (nSPS) is 22.4. The summed E-state index contributed by atoms with van der Waals surface area (Å²) >= 11 is 0. The number of carbonyl (C=O) groups is 1. The summed E-state index contributed by atoms with van der Waals surface area (Å²) in [4.78, 5) is 11.1. The van der Waals surface area contributed by atoms with Crippen molar-refractivity contribution in [3.63, 3.8) is 0 Å². The standard InChI is InChI=1S/C10H19NO3/c1-8(2)14-10(12)7-13-9-4-3-5-11-6-9/h8-9,11H,3-7H2,1-2H3/t9-/m0/s1. The van der Waals surface area contributed by atoms with Crippen molar-refractivity contribution < 1.29 is 14.3 Å². The van der Waals surface area contributed by atoms with Crippen molar-refractivity contribution in [2.24, 2.45) is 0 Å². The van der Waals surface area contributed by atoms with Crippen molar-refractivity contribution in [3.05, 3.63) is 0 Å². The molecule has 1 N–H and O–H groups in total. The number of ether oxygens (including phenoxy) is 2. The minimum Gasteiger partial charge on any atom is -0.461 e. The second-order valence-corrected chi connectivity index (χ2v) is 3.82. The van der Waals surface area contributed by atoms with Crippen LogP contribution >= 0.6 is 0 Å². The second kappa shape index (κ2) is 5.98. The van der Waals surface area contributed by atoms with Gasteiger partial charge >= 0.3 is 5.97 Å². The molecule has 0 unspecified atom stereocenters. The molecule has 4 nitrogen and oxygen atoms in total. The van der Waals surface area contributed by atoms with E-state index >= 15 is 0 Å². The van der Waals surface area contributed by atoms with Crippen molar-refractivity contribution in [2.45, 2.75) is 38.9 Å². The van der Waals surface area contributed by atoms with Gasteiger partial charge in [-0.2, -0.15) is 0 Å². The molecule has 4 heteroatoms. The van der Waals surface area contributed by atoms with E-state index in [0.717, 1.165) is 25.9 Å². The van der Waals surface area contributed by atoms with E-state index in [0.29, 0.717) is 0 Å². The first-order chi connectivity index (χ1) is 6.68. The number of nitrogens with one attached hydrogen (secondary N) is 1. The molecule has 0 saturated carbocycles. The van der Waals surface area contributed by atoms with Crippen LogP contribution in [0.15, 0.2) is 0 Å². The van der Waals surface area contributed by atoms with Crippen LogP contribution in [0.5, 0.6) is 0 Å². The zero-order valence-electron chi connectivity index (χ0n) is 8.91. The van der Waals surface area contributed by atoms with Crippen LogP contribution in [0.25, 0.3) is 0 Å². The van der Waals surface area contributed by atoms with Crippen LogP contribution in [0.3, 0.4) is 0 Å². The third kappa shape index (κ3) is 4.58. The van der Waals surface area contributed by atoms with Crippen molar-refractivity contribution in [3.8, 4) is 0 Å². The Bertz CT molecular complexity index is 176. The van der Waals surface area contributed by atoms with Gasteiger partial charge in [0.15, 0.2) is 0 Å². The van der Waals surface area contributed by atoms with Gasteiger partial charge in [-0.1, -0.05) is 0 Å². The molecule has 1 saturated heterocycles. The molecule has 0 radical (unpaired) electrons. The Morgan fingerprint density at radius 1 is 1.57 bits per heavy atom. The maximum atomic E-state index is 11.1. The maximum absolute atomic E-state index is 11.1. The van der Waals surface area contributed by atoms with E-state index < -0.39 is 0 Å². The molecule has 1 aliphatic heterocycles. The Morgan fingerprint density at radius 3 is 2.93 bits per heavy atom. The summed E-state index contributed by atoms with van der Waals surface area (Å²) in [5.41, 5.74) is 0. The largest absolute Gasteiger partial charge is 0.461 e. The highest BCUT2D eigenvalue weighted by molar-refractivity contribution is 5.70. The van der Waals surface area contributed by atoms with Crippen molar-refractivity contribution in [2.75, 3.05) is 19.7 Å². The van der Waals surface area contributed by atoms with Crippen LogP contribution in [-0.2, 0) is 14.3 Å². The van der Waals surface area contributed by atoms with Crippen LogP contribution in [0.2, 0.25) is 0 Å². The third-order valence-electron chi connectivity index (χ3n) is 2.06. The number of esters is 1. The predicted molar refractivity (Wildman–Crippen MR) is 53.1 cm³/mol. The quantitative estimate of drug-likeness (QED) is 0.680. The lowest BCUT2D eigenvalue weighted by atomic mass is 10.1. The molecule has 0 amide bonds. The summed E-state index contributed by atoms with van der Waals surface area (Å²) in [6, 6.07) is 0. The highest BCUT2D eigenvalue weighted by Crippen LogP contribution is 2.05. The van der Waals surface area contributed by atoms with Crippen LogP contribution in [0, 0.1) is 0 Å². The molecular formula is C10H19NO3. The molecule has 0 bridgehead atoms. The SMILES string of the molecule is CC(C)OC(=O)CO[C@H]1CCCNC1. The summed E-state index contributed by atoms with van der Waals surface area (Å²) in [6.45, 7) is 5.63. The van der Waals surface area contributed by atoms with E-state index in [1.807, 2.05) is 13.8 Å². The van der Waals surface area contributed by atoms with Crippen molar-refractivity contribution in [1.82, 2.24) is 5.32 Å². The van der Waals surface area contributed by atoms with Gasteiger partial charge in [-0.25, -0.2) is 4.79 Å². The number of rotatable bonds is 4. The van der Waals surface area contributed by atoms with Gasteiger partial charge in [0.2, 0.25) is 0 Å². The van der Waals surface area contributed by atoms with Crippen LogP contribution in [-0.4, -0.2) is 37.9 Å². The number of carbonyl (C=O) groups excluding carboxylic acids is 1. The molecule has 0 aromatic rings. The first-order valence-electron chi connectivity index (χ1n) is 5.20. The lowest BCUT2D eigenvalue weighted by Gasteiger charge is -2.22. The van der Waals surface area contributed by atoms with Gasteiger partial charge < -0.3 is 14.8 Å². The van der Waals surface area contributed by atoms with E-state index in [-0.39, 0.29) is 24.8 Å². The number of hydrogen-bond donors (Lipinski definition) is 1. The molecule has 1 fully saturated rings. The number of piperidine rings is 1. The van der Waals surface area contributed by atoms with E-state index in [9.17, 15) is 4.79 Å². The molecule has 0 aromatic heterocycles. The summed E-state index contributed by atoms with van der Waals surface area (Å²) in [5, 5.41) is 3.22. The highest BCUT2D eigenvalue weighted by Gasteiger charge is 2.15. The lowest BCUT2D eigenvalue weighted by molar-refractivity contribution is -0.155. The van der Waals surface area contributed by atoms with Crippen molar-refractivity contribution >= 4 is 5.97 Å². The van der Waals surface area contributed by atoms with Gasteiger partial charge in [-0.15, -0.1) is 0 Å². The van der Waals surface area contributed by atoms with Gasteiger partial charge in [0.25, 0.3) is 0 Å². The zero-order valence-corrected chi connectivity index (χ0v) is 8.91. The predicted octanol–water partition coefficient (Wildman–Crippen LogP) is 0.707. The fourth-order valence-electron chi connectivity index (χ4n) is 1.44. The third-order valence-corrected chi connectivity index (χ3v) is 2.06. The molecule has 1 atom stereocenters. The zero-order chi connectivity index (χ0) is 10.4. The minimum absolute atomic E-state index is 0.0596. The molecular weight excluding hydrogens is 182 g/mol. The average Bonchev–Trinajstić information content (AvgIpc) is 2.15. The molecule has 1 rings (SSSR count). The summed E-state index contributed by atoms with van der Waals surface area (Å²) in [7, 11) is 0. The molecule has 82 valence electrons. The molecule has 1 heterocycles. The molecule has 0 aromatic carbocycles. The van der Waals surface area contributed by atoms with E-state index in [2.05, 4.69) is 5.32 Å². The monoisotopic (exact) mass is 201 g/mol.